The second-order valence-electron chi connectivity index (χ2n) is 4.51. The van der Waals surface area contributed by atoms with E-state index in [0.29, 0.717) is 0 Å². The predicted molar refractivity (Wildman–Crippen MR) is 71.4 cm³/mol. The summed E-state index contributed by atoms with van der Waals surface area (Å²) in [5.74, 6) is 0.264. The lowest BCUT2D eigenvalue weighted by Crippen LogP contribution is -2.47. The maximum Gasteiger partial charge on any atom is 0.115 e. The lowest BCUT2D eigenvalue weighted by Gasteiger charge is -2.37. The summed E-state index contributed by atoms with van der Waals surface area (Å²) in [6.07, 6.45) is 0.405. The third kappa shape index (κ3) is 2.96. The summed E-state index contributed by atoms with van der Waals surface area (Å²) >= 11 is 5.48. The molecular formula is C13H17NO2S. The molecule has 1 N–H and O–H groups in total. The highest BCUT2D eigenvalue weighted by atomic mass is 32.1. The number of phenols is 1. The average molecular weight is 251 g/mol. The molecule has 1 fully saturated rings. The van der Waals surface area contributed by atoms with Gasteiger partial charge in [-0.3, -0.25) is 0 Å². The van der Waals surface area contributed by atoms with Crippen molar-refractivity contribution >= 4 is 17.2 Å². The Morgan fingerprint density at radius 3 is 2.29 bits per heavy atom. The third-order valence-corrected chi connectivity index (χ3v) is 3.31. The lowest BCUT2D eigenvalue weighted by atomic mass is 10.1. The summed E-state index contributed by atoms with van der Waals surface area (Å²) in [5, 5.41) is 9.26. The molecule has 1 aliphatic rings. The van der Waals surface area contributed by atoms with Crippen molar-refractivity contribution in [1.82, 2.24) is 4.90 Å². The molecule has 92 valence electrons. The van der Waals surface area contributed by atoms with Crippen LogP contribution in [0.15, 0.2) is 24.3 Å². The van der Waals surface area contributed by atoms with Crippen LogP contribution in [0.1, 0.15) is 19.4 Å². The van der Waals surface area contributed by atoms with E-state index in [-0.39, 0.29) is 18.0 Å². The highest BCUT2D eigenvalue weighted by Gasteiger charge is 2.24. The van der Waals surface area contributed by atoms with Gasteiger partial charge in [0.15, 0.2) is 0 Å². The largest absolute Gasteiger partial charge is 0.508 e. The van der Waals surface area contributed by atoms with E-state index in [4.69, 9.17) is 17.0 Å². The molecule has 1 aromatic rings. The zero-order valence-electron chi connectivity index (χ0n) is 10.1. The minimum absolute atomic E-state index is 0.203. The highest BCUT2D eigenvalue weighted by Crippen LogP contribution is 2.17. The van der Waals surface area contributed by atoms with Crippen molar-refractivity contribution in [3.8, 4) is 5.75 Å². The second kappa shape index (κ2) is 5.02. The van der Waals surface area contributed by atoms with E-state index in [1.807, 2.05) is 12.1 Å². The quantitative estimate of drug-likeness (QED) is 0.775. The molecule has 4 heteroatoms. The fourth-order valence-corrected chi connectivity index (χ4v) is 2.42. The minimum Gasteiger partial charge on any atom is -0.508 e. The normalized spacial score (nSPS) is 24.7. The number of aromatic hydroxyl groups is 1. The van der Waals surface area contributed by atoms with Crippen LogP contribution in [0.3, 0.4) is 0 Å². The van der Waals surface area contributed by atoms with Crippen LogP contribution in [0, 0.1) is 0 Å². The first-order chi connectivity index (χ1) is 8.06. The van der Waals surface area contributed by atoms with E-state index in [2.05, 4.69) is 18.7 Å². The molecule has 0 aliphatic carbocycles. The van der Waals surface area contributed by atoms with Crippen molar-refractivity contribution in [2.24, 2.45) is 0 Å². The molecule has 3 nitrogen and oxygen atoms in total. The standard InChI is InChI=1S/C13H17NO2S/c1-9-7-14(8-10(2)16-9)13(17)11-3-5-12(15)6-4-11/h3-6,9-10,15H,7-8H2,1-2H3/t9-,10-/m0/s1. The summed E-state index contributed by atoms with van der Waals surface area (Å²) in [6.45, 7) is 5.76. The number of hydrogen-bond acceptors (Lipinski definition) is 3. The van der Waals surface area contributed by atoms with Gasteiger partial charge in [-0.2, -0.15) is 0 Å². The van der Waals surface area contributed by atoms with Crippen molar-refractivity contribution in [1.29, 1.82) is 0 Å². The Morgan fingerprint density at radius 1 is 1.24 bits per heavy atom. The van der Waals surface area contributed by atoms with Gasteiger partial charge in [-0.05, 0) is 38.1 Å². The Kier molecular flexibility index (Phi) is 3.64. The van der Waals surface area contributed by atoms with E-state index >= 15 is 0 Å². The van der Waals surface area contributed by atoms with Crippen molar-refractivity contribution < 1.29 is 9.84 Å². The minimum atomic E-state index is 0.203. The number of thiocarbonyl (C=S) groups is 1. The molecule has 0 bridgehead atoms. The van der Waals surface area contributed by atoms with Gasteiger partial charge in [-0.25, -0.2) is 0 Å². The van der Waals surface area contributed by atoms with Crippen LogP contribution in [-0.2, 0) is 4.74 Å². The van der Waals surface area contributed by atoms with E-state index < -0.39 is 0 Å². The summed E-state index contributed by atoms with van der Waals surface area (Å²) in [5.41, 5.74) is 0.971. The third-order valence-electron chi connectivity index (χ3n) is 2.82. The fraction of sp³-hybridized carbons (Fsp3) is 0.462. The zero-order valence-corrected chi connectivity index (χ0v) is 10.9. The Bertz CT molecular complexity index is 394. The first-order valence-corrected chi connectivity index (χ1v) is 6.21. The highest BCUT2D eigenvalue weighted by molar-refractivity contribution is 7.80. The van der Waals surface area contributed by atoms with Crippen LogP contribution in [0.25, 0.3) is 0 Å². The van der Waals surface area contributed by atoms with E-state index in [1.165, 1.54) is 0 Å². The van der Waals surface area contributed by atoms with Crippen LogP contribution >= 0.6 is 12.2 Å². The zero-order chi connectivity index (χ0) is 12.4. The van der Waals surface area contributed by atoms with Crippen LogP contribution < -0.4 is 0 Å². The van der Waals surface area contributed by atoms with Crippen molar-refractivity contribution in [3.63, 3.8) is 0 Å². The number of hydrogen-bond donors (Lipinski definition) is 1. The van der Waals surface area contributed by atoms with Gasteiger partial charge in [0.25, 0.3) is 0 Å². The molecule has 0 radical (unpaired) electrons. The van der Waals surface area contributed by atoms with Gasteiger partial charge in [0.1, 0.15) is 10.7 Å². The monoisotopic (exact) mass is 251 g/mol. The number of ether oxygens (including phenoxy) is 1. The predicted octanol–water partition coefficient (Wildman–Crippen LogP) is 2.18. The van der Waals surface area contributed by atoms with Gasteiger partial charge in [0.05, 0.1) is 12.2 Å². The van der Waals surface area contributed by atoms with Crippen LogP contribution in [0.4, 0.5) is 0 Å². The van der Waals surface area contributed by atoms with Gasteiger partial charge < -0.3 is 14.7 Å². The van der Waals surface area contributed by atoms with Crippen molar-refractivity contribution in [2.75, 3.05) is 13.1 Å². The van der Waals surface area contributed by atoms with Gasteiger partial charge in [0, 0.05) is 18.7 Å². The van der Waals surface area contributed by atoms with Crippen molar-refractivity contribution in [2.45, 2.75) is 26.1 Å². The molecule has 1 heterocycles. The summed E-state index contributed by atoms with van der Waals surface area (Å²) in [4.78, 5) is 2.99. The number of benzene rings is 1. The molecule has 0 unspecified atom stereocenters. The fourth-order valence-electron chi connectivity index (χ4n) is 2.13. The van der Waals surface area contributed by atoms with Gasteiger partial charge in [0.2, 0.25) is 0 Å². The Balaban J connectivity index is 2.11. The Labute approximate surface area is 107 Å². The first-order valence-electron chi connectivity index (χ1n) is 5.80. The average Bonchev–Trinajstić information content (AvgIpc) is 2.28. The van der Waals surface area contributed by atoms with Gasteiger partial charge in [-0.1, -0.05) is 12.2 Å². The molecule has 0 spiro atoms. The molecule has 1 aliphatic heterocycles. The molecule has 2 rings (SSSR count). The Morgan fingerprint density at radius 2 is 1.76 bits per heavy atom. The molecule has 0 amide bonds. The summed E-state index contributed by atoms with van der Waals surface area (Å²) in [6, 6.07) is 7.02. The first kappa shape index (κ1) is 12.3. The second-order valence-corrected chi connectivity index (χ2v) is 4.90. The maximum absolute atomic E-state index is 9.26. The van der Waals surface area contributed by atoms with Gasteiger partial charge in [-0.15, -0.1) is 0 Å². The molecule has 0 saturated carbocycles. The molecule has 2 atom stereocenters. The van der Waals surface area contributed by atoms with Crippen LogP contribution in [0.5, 0.6) is 5.75 Å². The Hall–Kier alpha value is -1.13. The van der Waals surface area contributed by atoms with E-state index in [9.17, 15) is 5.11 Å². The smallest absolute Gasteiger partial charge is 0.115 e. The van der Waals surface area contributed by atoms with E-state index in [1.54, 1.807) is 12.1 Å². The van der Waals surface area contributed by atoms with Crippen molar-refractivity contribution in [3.05, 3.63) is 29.8 Å². The van der Waals surface area contributed by atoms with Gasteiger partial charge >= 0.3 is 0 Å². The topological polar surface area (TPSA) is 32.7 Å². The molecule has 17 heavy (non-hydrogen) atoms. The molecule has 1 aromatic carbocycles. The number of morpholine rings is 1. The summed E-state index contributed by atoms with van der Waals surface area (Å²) in [7, 11) is 0. The molecular weight excluding hydrogens is 234 g/mol. The van der Waals surface area contributed by atoms with Crippen LogP contribution in [0.2, 0.25) is 0 Å². The summed E-state index contributed by atoms with van der Waals surface area (Å²) < 4.78 is 5.68. The number of phenolic OH excluding ortho intramolecular Hbond substituents is 1. The number of nitrogens with zero attached hydrogens (tertiary/aromatic N) is 1. The molecule has 1 saturated heterocycles. The lowest BCUT2D eigenvalue weighted by molar-refractivity contribution is -0.0472. The van der Waals surface area contributed by atoms with E-state index in [0.717, 1.165) is 23.6 Å². The number of rotatable bonds is 1. The maximum atomic E-state index is 9.26. The molecule has 0 aromatic heterocycles. The van der Waals surface area contributed by atoms with Crippen LogP contribution in [-0.4, -0.2) is 40.3 Å². The SMILES string of the molecule is C[C@H]1CN(C(=S)c2ccc(O)cc2)C[C@H](C)O1.